The van der Waals surface area contributed by atoms with Crippen LogP contribution in [0.5, 0.6) is 0 Å². The highest BCUT2D eigenvalue weighted by Gasteiger charge is 2.29. The number of hydrogen-bond donors (Lipinski definition) is 0. The maximum atomic E-state index is 4.74. The normalized spacial score (nSPS) is 13.3. The van der Waals surface area contributed by atoms with Crippen molar-refractivity contribution in [3.05, 3.63) is 0 Å². The summed E-state index contributed by atoms with van der Waals surface area (Å²) in [6, 6.07) is 0.397. The zero-order chi connectivity index (χ0) is 10.9. The molecule has 0 saturated heterocycles. The fraction of sp³-hybridized carbons (Fsp3) is 0.917. The largest absolute Gasteiger partial charge is 0.290 e. The molecule has 0 heterocycles. The van der Waals surface area contributed by atoms with Gasteiger partial charge in [0.25, 0.3) is 0 Å². The molecule has 13 heavy (non-hydrogen) atoms. The van der Waals surface area contributed by atoms with Crippen LogP contribution in [0.15, 0.2) is 4.99 Å². The van der Waals surface area contributed by atoms with Crippen LogP contribution in [-0.2, 0) is 0 Å². The summed E-state index contributed by atoms with van der Waals surface area (Å²) >= 11 is 0. The van der Waals surface area contributed by atoms with Crippen molar-refractivity contribution in [2.75, 3.05) is 0 Å². The van der Waals surface area contributed by atoms with Gasteiger partial charge in [0.05, 0.1) is 0 Å². The molecule has 78 valence electrons. The second-order valence-electron chi connectivity index (χ2n) is 6.07. The molecule has 1 nitrogen and oxygen atoms in total. The maximum absolute atomic E-state index is 4.74. The van der Waals surface area contributed by atoms with Crippen molar-refractivity contribution >= 4 is 5.71 Å². The van der Waals surface area contributed by atoms with Crippen LogP contribution in [0.4, 0.5) is 0 Å². The SMILES string of the molecule is CC(C)N=C(C(C)(C)C)C(C)(C)C. The molecule has 0 saturated carbocycles. The van der Waals surface area contributed by atoms with Crippen molar-refractivity contribution in [1.29, 1.82) is 0 Å². The third kappa shape index (κ3) is 4.44. The van der Waals surface area contributed by atoms with E-state index in [2.05, 4.69) is 55.4 Å². The third-order valence-corrected chi connectivity index (χ3v) is 1.81. The molecule has 0 aliphatic heterocycles. The van der Waals surface area contributed by atoms with Crippen LogP contribution in [0.25, 0.3) is 0 Å². The summed E-state index contributed by atoms with van der Waals surface area (Å²) in [7, 11) is 0. The van der Waals surface area contributed by atoms with Gasteiger partial charge >= 0.3 is 0 Å². The highest BCUT2D eigenvalue weighted by molar-refractivity contribution is 5.93. The van der Waals surface area contributed by atoms with Crippen molar-refractivity contribution in [3.8, 4) is 0 Å². The molecule has 0 aliphatic carbocycles. The van der Waals surface area contributed by atoms with E-state index in [0.717, 1.165) is 0 Å². The maximum Gasteiger partial charge on any atom is 0.0443 e. The van der Waals surface area contributed by atoms with E-state index in [0.29, 0.717) is 6.04 Å². The van der Waals surface area contributed by atoms with E-state index in [4.69, 9.17) is 4.99 Å². The van der Waals surface area contributed by atoms with Crippen LogP contribution < -0.4 is 0 Å². The number of hydrogen-bond acceptors (Lipinski definition) is 1. The first kappa shape index (κ1) is 12.7. The first-order chi connectivity index (χ1) is 5.55. The van der Waals surface area contributed by atoms with E-state index in [-0.39, 0.29) is 10.8 Å². The first-order valence-electron chi connectivity index (χ1n) is 5.14. The quantitative estimate of drug-likeness (QED) is 0.546. The van der Waals surface area contributed by atoms with Crippen LogP contribution in [0.3, 0.4) is 0 Å². The predicted molar refractivity (Wildman–Crippen MR) is 61.5 cm³/mol. The lowest BCUT2D eigenvalue weighted by Gasteiger charge is -2.33. The average Bonchev–Trinajstić information content (AvgIpc) is 1.77. The predicted octanol–water partition coefficient (Wildman–Crippen LogP) is 3.93. The minimum Gasteiger partial charge on any atom is -0.290 e. The Kier molecular flexibility index (Phi) is 3.71. The highest BCUT2D eigenvalue weighted by Crippen LogP contribution is 2.30. The van der Waals surface area contributed by atoms with Crippen LogP contribution in [0.2, 0.25) is 0 Å². The lowest BCUT2D eigenvalue weighted by Crippen LogP contribution is -2.33. The van der Waals surface area contributed by atoms with Gasteiger partial charge in [-0.05, 0) is 13.8 Å². The summed E-state index contributed by atoms with van der Waals surface area (Å²) in [5.41, 5.74) is 1.68. The minimum absolute atomic E-state index is 0.183. The molecule has 1 heteroatoms. The molecule has 0 N–H and O–H groups in total. The summed E-state index contributed by atoms with van der Waals surface area (Å²) in [6.45, 7) is 17.7. The molecule has 0 spiro atoms. The molecule has 0 aromatic rings. The fourth-order valence-electron chi connectivity index (χ4n) is 1.77. The van der Waals surface area contributed by atoms with E-state index in [1.807, 2.05) is 0 Å². The van der Waals surface area contributed by atoms with Crippen molar-refractivity contribution in [2.24, 2.45) is 15.8 Å². The van der Waals surface area contributed by atoms with Gasteiger partial charge in [-0.15, -0.1) is 0 Å². The molecule has 0 amide bonds. The highest BCUT2D eigenvalue weighted by atomic mass is 14.8. The molecule has 0 aromatic heterocycles. The minimum atomic E-state index is 0.183. The number of rotatable bonds is 1. The summed E-state index contributed by atoms with van der Waals surface area (Å²) < 4.78 is 0. The summed E-state index contributed by atoms with van der Waals surface area (Å²) in [6.07, 6.45) is 0. The van der Waals surface area contributed by atoms with E-state index in [9.17, 15) is 0 Å². The Morgan fingerprint density at radius 1 is 0.846 bits per heavy atom. The average molecular weight is 183 g/mol. The first-order valence-corrected chi connectivity index (χ1v) is 5.14. The number of aliphatic imine (C=N–C) groups is 1. The zero-order valence-electron chi connectivity index (χ0n) is 10.5. The Hall–Kier alpha value is -0.330. The molecule has 0 bridgehead atoms. The monoisotopic (exact) mass is 183 g/mol. The lowest BCUT2D eigenvalue weighted by atomic mass is 9.75. The zero-order valence-corrected chi connectivity index (χ0v) is 10.5. The van der Waals surface area contributed by atoms with E-state index >= 15 is 0 Å². The van der Waals surface area contributed by atoms with Gasteiger partial charge in [0.1, 0.15) is 0 Å². The summed E-state index contributed by atoms with van der Waals surface area (Å²) in [5, 5.41) is 0. The second-order valence-corrected chi connectivity index (χ2v) is 6.07. The van der Waals surface area contributed by atoms with Crippen LogP contribution in [0.1, 0.15) is 55.4 Å². The van der Waals surface area contributed by atoms with E-state index in [1.54, 1.807) is 0 Å². The molecule has 0 aliphatic rings. The molecule has 0 radical (unpaired) electrons. The molecular formula is C12H25N. The summed E-state index contributed by atoms with van der Waals surface area (Å²) in [4.78, 5) is 4.74. The van der Waals surface area contributed by atoms with Crippen molar-refractivity contribution in [1.82, 2.24) is 0 Å². The molecule has 0 atom stereocenters. The molecule has 0 rings (SSSR count). The van der Waals surface area contributed by atoms with Crippen molar-refractivity contribution in [3.63, 3.8) is 0 Å². The fourth-order valence-corrected chi connectivity index (χ4v) is 1.77. The van der Waals surface area contributed by atoms with Crippen molar-refractivity contribution < 1.29 is 0 Å². The number of nitrogens with zero attached hydrogens (tertiary/aromatic N) is 1. The van der Waals surface area contributed by atoms with Gasteiger partial charge in [-0.2, -0.15) is 0 Å². The van der Waals surface area contributed by atoms with Crippen LogP contribution >= 0.6 is 0 Å². The third-order valence-electron chi connectivity index (χ3n) is 1.81. The second kappa shape index (κ2) is 3.81. The Morgan fingerprint density at radius 3 is 1.23 bits per heavy atom. The molecule has 0 aromatic carbocycles. The van der Waals surface area contributed by atoms with Gasteiger partial charge < -0.3 is 0 Å². The Labute approximate surface area is 83.6 Å². The topological polar surface area (TPSA) is 12.4 Å². The van der Waals surface area contributed by atoms with Crippen LogP contribution in [-0.4, -0.2) is 11.8 Å². The molecule has 0 unspecified atom stereocenters. The Bertz CT molecular complexity index is 170. The van der Waals surface area contributed by atoms with Crippen LogP contribution in [0, 0.1) is 10.8 Å². The van der Waals surface area contributed by atoms with E-state index in [1.165, 1.54) is 5.71 Å². The standard InChI is InChI=1S/C12H25N/c1-9(2)13-10(11(3,4)5)12(6,7)8/h9H,1-8H3. The van der Waals surface area contributed by atoms with Gasteiger partial charge in [0.15, 0.2) is 0 Å². The molecule has 0 fully saturated rings. The smallest absolute Gasteiger partial charge is 0.0443 e. The lowest BCUT2D eigenvalue weighted by molar-refractivity contribution is 0.472. The molecular weight excluding hydrogens is 158 g/mol. The van der Waals surface area contributed by atoms with Gasteiger partial charge in [-0.1, -0.05) is 41.5 Å². The van der Waals surface area contributed by atoms with Gasteiger partial charge in [-0.25, -0.2) is 0 Å². The van der Waals surface area contributed by atoms with Crippen molar-refractivity contribution in [2.45, 2.75) is 61.4 Å². The Balaban J connectivity index is 5.01. The summed E-state index contributed by atoms with van der Waals surface area (Å²) in [5.74, 6) is 0. The van der Waals surface area contributed by atoms with Gasteiger partial charge in [-0.3, -0.25) is 4.99 Å². The van der Waals surface area contributed by atoms with Gasteiger partial charge in [0, 0.05) is 22.6 Å². The van der Waals surface area contributed by atoms with E-state index < -0.39 is 0 Å². The van der Waals surface area contributed by atoms with Gasteiger partial charge in [0.2, 0.25) is 0 Å². The Morgan fingerprint density at radius 2 is 1.15 bits per heavy atom.